The molecule has 0 aliphatic rings. The summed E-state index contributed by atoms with van der Waals surface area (Å²) in [5.74, 6) is -0.205. The number of nitrogens with zero attached hydrogens (tertiary/aromatic N) is 2. The summed E-state index contributed by atoms with van der Waals surface area (Å²) < 4.78 is 25.7. The Hall–Kier alpha value is -3.66. The van der Waals surface area contributed by atoms with Crippen LogP contribution in [0, 0.1) is 17.0 Å². The van der Waals surface area contributed by atoms with E-state index >= 15 is 0 Å². The van der Waals surface area contributed by atoms with Crippen LogP contribution in [0.2, 0.25) is 0 Å². The highest BCUT2D eigenvalue weighted by Crippen LogP contribution is 2.30. The summed E-state index contributed by atoms with van der Waals surface area (Å²) in [5, 5.41) is 12.1. The van der Waals surface area contributed by atoms with Gasteiger partial charge in [-0.1, -0.05) is 30.3 Å². The number of amides is 1. The lowest BCUT2D eigenvalue weighted by atomic mass is 10.1. The van der Waals surface area contributed by atoms with Gasteiger partial charge < -0.3 is 14.7 Å². The van der Waals surface area contributed by atoms with Gasteiger partial charge in [-0.05, 0) is 54.8 Å². The van der Waals surface area contributed by atoms with Gasteiger partial charge in [0.05, 0.1) is 23.6 Å². The van der Waals surface area contributed by atoms with Gasteiger partial charge in [-0.25, -0.2) is 8.42 Å². The maximum Gasteiger partial charge on any atom is 0.294 e. The Morgan fingerprint density at radius 3 is 2.39 bits per heavy atom. The molecule has 1 N–H and O–H groups in total. The van der Waals surface area contributed by atoms with Gasteiger partial charge in [0, 0.05) is 24.2 Å². The van der Waals surface area contributed by atoms with Crippen LogP contribution in [0.4, 0.5) is 0 Å². The Bertz CT molecular complexity index is 1240. The first-order valence-electron chi connectivity index (χ1n) is 10.3. The second-order valence-corrected chi connectivity index (χ2v) is 9.56. The Balaban J connectivity index is 1.87. The molecule has 174 valence electrons. The van der Waals surface area contributed by atoms with E-state index in [0.29, 0.717) is 6.42 Å². The van der Waals surface area contributed by atoms with Crippen LogP contribution in [0.5, 0.6) is 0 Å². The predicted octanol–water partition coefficient (Wildman–Crippen LogP) is 3.11. The number of rotatable bonds is 10. The van der Waals surface area contributed by atoms with Crippen LogP contribution in [-0.4, -0.2) is 43.4 Å². The largest absolute Gasteiger partial charge is 0.356 e. The van der Waals surface area contributed by atoms with Crippen LogP contribution < -0.4 is 5.32 Å². The quantitative estimate of drug-likeness (QED) is 0.276. The monoisotopic (exact) mass is 471 g/mol. The molecule has 9 nitrogen and oxygen atoms in total. The van der Waals surface area contributed by atoms with Crippen LogP contribution in [0.3, 0.4) is 0 Å². The van der Waals surface area contributed by atoms with Crippen molar-refractivity contribution in [3.05, 3.63) is 82.0 Å². The maximum absolute atomic E-state index is 12.4. The molecule has 10 heteroatoms. The van der Waals surface area contributed by atoms with E-state index in [4.69, 9.17) is 0 Å². The van der Waals surface area contributed by atoms with Gasteiger partial charge in [-0.3, -0.25) is 4.79 Å². The minimum atomic E-state index is -3.31. The molecule has 0 bridgehead atoms. The SMILES string of the molecule is Cc1c(CC(=O)NCCCO[N+](=O)[O-])cc(-c2ccc(S(C)(=O)=O)cc2)n1-c1ccccc1. The van der Waals surface area contributed by atoms with Gasteiger partial charge >= 0.3 is 0 Å². The minimum Gasteiger partial charge on any atom is -0.356 e. The molecule has 0 fully saturated rings. The normalized spacial score (nSPS) is 11.2. The number of benzene rings is 2. The van der Waals surface area contributed by atoms with E-state index in [2.05, 4.69) is 10.2 Å². The van der Waals surface area contributed by atoms with E-state index in [1.54, 1.807) is 24.3 Å². The van der Waals surface area contributed by atoms with Crippen molar-refractivity contribution in [2.75, 3.05) is 19.4 Å². The average molecular weight is 472 g/mol. The molecule has 1 heterocycles. The van der Waals surface area contributed by atoms with Crippen molar-refractivity contribution in [3.8, 4) is 16.9 Å². The minimum absolute atomic E-state index is 0.0791. The summed E-state index contributed by atoms with van der Waals surface area (Å²) in [6.45, 7) is 2.12. The number of aromatic nitrogens is 1. The van der Waals surface area contributed by atoms with Gasteiger partial charge in [0.15, 0.2) is 9.84 Å². The molecule has 0 unspecified atom stereocenters. The number of sulfone groups is 1. The van der Waals surface area contributed by atoms with E-state index in [0.717, 1.165) is 28.2 Å². The number of nitrogens with one attached hydrogen (secondary N) is 1. The number of para-hydroxylation sites is 1. The average Bonchev–Trinajstić information content (AvgIpc) is 3.09. The molecule has 1 amide bonds. The van der Waals surface area contributed by atoms with Gasteiger partial charge in [0.25, 0.3) is 5.09 Å². The van der Waals surface area contributed by atoms with Gasteiger partial charge in [0.2, 0.25) is 5.91 Å². The van der Waals surface area contributed by atoms with Gasteiger partial charge in [-0.2, -0.15) is 0 Å². The Kier molecular flexibility index (Phi) is 7.49. The summed E-state index contributed by atoms with van der Waals surface area (Å²) in [5.41, 5.74) is 4.27. The lowest BCUT2D eigenvalue weighted by molar-refractivity contribution is -0.757. The van der Waals surface area contributed by atoms with Crippen molar-refractivity contribution >= 4 is 15.7 Å². The van der Waals surface area contributed by atoms with Crippen molar-refractivity contribution in [2.24, 2.45) is 0 Å². The highest BCUT2D eigenvalue weighted by atomic mass is 32.2. The molecule has 0 aliphatic heterocycles. The first-order chi connectivity index (χ1) is 15.7. The predicted molar refractivity (Wildman–Crippen MR) is 123 cm³/mol. The van der Waals surface area contributed by atoms with E-state index in [9.17, 15) is 23.3 Å². The molecule has 0 aliphatic carbocycles. The fourth-order valence-corrected chi connectivity index (χ4v) is 4.14. The molecule has 33 heavy (non-hydrogen) atoms. The zero-order chi connectivity index (χ0) is 24.0. The summed E-state index contributed by atoms with van der Waals surface area (Å²) in [4.78, 5) is 27.1. The summed E-state index contributed by atoms with van der Waals surface area (Å²) in [6.07, 6.45) is 1.63. The third-order valence-corrected chi connectivity index (χ3v) is 6.26. The van der Waals surface area contributed by atoms with E-state index in [-0.39, 0.29) is 30.4 Å². The summed E-state index contributed by atoms with van der Waals surface area (Å²) >= 11 is 0. The summed E-state index contributed by atoms with van der Waals surface area (Å²) in [7, 11) is -3.31. The van der Waals surface area contributed by atoms with Crippen molar-refractivity contribution < 1.29 is 23.1 Å². The molecule has 0 saturated carbocycles. The smallest absolute Gasteiger partial charge is 0.294 e. The second-order valence-electron chi connectivity index (χ2n) is 7.54. The van der Waals surface area contributed by atoms with Crippen molar-refractivity contribution in [1.29, 1.82) is 0 Å². The Morgan fingerprint density at radius 1 is 1.12 bits per heavy atom. The molecule has 0 radical (unpaired) electrons. The molecule has 1 aromatic heterocycles. The molecular formula is C23H25N3O6S. The lowest BCUT2D eigenvalue weighted by Gasteiger charge is -2.13. The fraction of sp³-hybridized carbons (Fsp3) is 0.261. The van der Waals surface area contributed by atoms with Crippen molar-refractivity contribution in [1.82, 2.24) is 9.88 Å². The van der Waals surface area contributed by atoms with Crippen LogP contribution in [0.1, 0.15) is 17.7 Å². The third-order valence-electron chi connectivity index (χ3n) is 5.14. The van der Waals surface area contributed by atoms with Crippen LogP contribution in [0.25, 0.3) is 16.9 Å². The number of hydrogen-bond acceptors (Lipinski definition) is 6. The van der Waals surface area contributed by atoms with Gasteiger partial charge in [-0.15, -0.1) is 10.1 Å². The first-order valence-corrected chi connectivity index (χ1v) is 12.2. The molecule has 3 aromatic rings. The molecule has 0 spiro atoms. The summed E-state index contributed by atoms with van der Waals surface area (Å²) in [6, 6.07) is 18.3. The lowest BCUT2D eigenvalue weighted by Crippen LogP contribution is -2.27. The van der Waals surface area contributed by atoms with Gasteiger partial charge in [0.1, 0.15) is 0 Å². The van der Waals surface area contributed by atoms with Crippen LogP contribution >= 0.6 is 0 Å². The number of carbonyl (C=O) groups excluding carboxylic acids is 1. The molecule has 0 saturated heterocycles. The number of carbonyl (C=O) groups is 1. The van der Waals surface area contributed by atoms with E-state index in [1.807, 2.05) is 47.9 Å². The zero-order valence-electron chi connectivity index (χ0n) is 18.4. The topological polar surface area (TPSA) is 121 Å². The second kappa shape index (κ2) is 10.3. The van der Waals surface area contributed by atoms with Crippen LogP contribution in [0.15, 0.2) is 65.6 Å². The van der Waals surface area contributed by atoms with Crippen LogP contribution in [-0.2, 0) is 25.9 Å². The molecule has 3 rings (SSSR count). The van der Waals surface area contributed by atoms with E-state index in [1.165, 1.54) is 6.26 Å². The first kappa shape index (κ1) is 24.0. The van der Waals surface area contributed by atoms with Crippen molar-refractivity contribution in [3.63, 3.8) is 0 Å². The highest BCUT2D eigenvalue weighted by Gasteiger charge is 2.17. The maximum atomic E-state index is 12.4. The molecular weight excluding hydrogens is 446 g/mol. The number of hydrogen-bond donors (Lipinski definition) is 1. The fourth-order valence-electron chi connectivity index (χ4n) is 3.51. The zero-order valence-corrected chi connectivity index (χ0v) is 19.2. The van der Waals surface area contributed by atoms with E-state index < -0.39 is 14.9 Å². The van der Waals surface area contributed by atoms with Crippen molar-refractivity contribution in [2.45, 2.75) is 24.7 Å². The highest BCUT2D eigenvalue weighted by molar-refractivity contribution is 7.90. The molecule has 0 atom stereocenters. The Morgan fingerprint density at radius 2 is 1.79 bits per heavy atom. The Labute approximate surface area is 192 Å². The standard InChI is InChI=1S/C23H25N3O6S/c1-17-19(16-23(27)24-13-6-14-32-26(28)29)15-22(25(17)20-7-4-3-5-8-20)18-9-11-21(12-10-18)33(2,30)31/h3-5,7-12,15H,6,13-14,16H2,1-2H3,(H,24,27). The third kappa shape index (κ3) is 6.19. The molecule has 2 aromatic carbocycles.